The first kappa shape index (κ1) is 9.24. The number of halogens is 3. The highest BCUT2D eigenvalue weighted by Crippen LogP contribution is 2.31. The van der Waals surface area contributed by atoms with Crippen LogP contribution in [0.15, 0.2) is 0 Å². The van der Waals surface area contributed by atoms with Crippen molar-refractivity contribution in [2.45, 2.75) is 25.1 Å². The molecule has 0 fully saturated rings. The first-order chi connectivity index (χ1) is 4.37. The van der Waals surface area contributed by atoms with Crippen LogP contribution in [0.5, 0.6) is 0 Å². The minimum absolute atomic E-state index is 0.646. The third kappa shape index (κ3) is 1.39. The Morgan fingerprint density at radius 2 is 1.90 bits per heavy atom. The maximum atomic E-state index is 11.6. The van der Waals surface area contributed by atoms with Crippen molar-refractivity contribution in [1.82, 2.24) is 0 Å². The molecule has 1 N–H and O–H groups in total. The van der Waals surface area contributed by atoms with Crippen LogP contribution in [0.2, 0.25) is 0 Å². The molecule has 10 heavy (non-hydrogen) atoms. The molecule has 0 saturated heterocycles. The molecular weight excluding hydrogens is 147 g/mol. The lowest BCUT2D eigenvalue weighted by Gasteiger charge is -2.20. The fraction of sp³-hybridized carbons (Fsp3) is 0.800. The average molecular weight is 153 g/mol. The second-order valence-electron chi connectivity index (χ2n) is 1.82. The smallest absolute Gasteiger partial charge is 0.368 e. The molecule has 0 saturated carbocycles. The average Bonchev–Trinajstić information content (AvgIpc) is 1.84. The summed E-state index contributed by atoms with van der Waals surface area (Å²) in [5.74, 6) is 0. The predicted octanol–water partition coefficient (Wildman–Crippen LogP) is 1.21. The number of nitrogens with zero attached hydrogens (tertiary/aromatic N) is 1. The summed E-state index contributed by atoms with van der Waals surface area (Å²) in [7, 11) is 0. The Morgan fingerprint density at radius 1 is 1.50 bits per heavy atom. The molecule has 0 heterocycles. The topological polar surface area (TPSA) is 44.0 Å². The van der Waals surface area contributed by atoms with Crippen molar-refractivity contribution in [2.75, 3.05) is 0 Å². The van der Waals surface area contributed by atoms with Crippen molar-refractivity contribution in [3.8, 4) is 6.07 Å². The van der Waals surface area contributed by atoms with Gasteiger partial charge in [0.05, 0.1) is 0 Å². The summed E-state index contributed by atoms with van der Waals surface area (Å²) in [6.45, 7) is 1.09. The van der Waals surface area contributed by atoms with Crippen LogP contribution in [-0.2, 0) is 0 Å². The highest BCUT2D eigenvalue weighted by atomic mass is 19.4. The van der Waals surface area contributed by atoms with Crippen molar-refractivity contribution in [1.29, 1.82) is 5.26 Å². The third-order valence-corrected chi connectivity index (χ3v) is 1.17. The van der Waals surface area contributed by atoms with Gasteiger partial charge in [0.25, 0.3) is 0 Å². The van der Waals surface area contributed by atoms with Gasteiger partial charge in [-0.05, 0) is 6.42 Å². The Labute approximate surface area is 55.9 Å². The van der Waals surface area contributed by atoms with Gasteiger partial charge < -0.3 is 5.11 Å². The monoisotopic (exact) mass is 153 g/mol. The van der Waals surface area contributed by atoms with Gasteiger partial charge in [-0.15, -0.1) is 0 Å². The summed E-state index contributed by atoms with van der Waals surface area (Å²) < 4.78 is 34.9. The molecular formula is C5H6F3NO. The van der Waals surface area contributed by atoms with Crippen molar-refractivity contribution in [3.63, 3.8) is 0 Å². The molecule has 0 spiro atoms. The molecule has 5 heteroatoms. The highest BCUT2D eigenvalue weighted by molar-refractivity contribution is 5.04. The second-order valence-corrected chi connectivity index (χ2v) is 1.82. The van der Waals surface area contributed by atoms with Gasteiger partial charge in [0.1, 0.15) is 6.07 Å². The molecule has 0 aromatic heterocycles. The van der Waals surface area contributed by atoms with Gasteiger partial charge in [0.2, 0.25) is 5.60 Å². The summed E-state index contributed by atoms with van der Waals surface area (Å²) in [6, 6.07) is 0.799. The van der Waals surface area contributed by atoms with E-state index in [2.05, 4.69) is 0 Å². The number of rotatable bonds is 1. The molecule has 0 aliphatic carbocycles. The molecule has 0 aromatic rings. The summed E-state index contributed by atoms with van der Waals surface area (Å²) in [5, 5.41) is 16.4. The molecule has 0 rings (SSSR count). The van der Waals surface area contributed by atoms with E-state index in [1.165, 1.54) is 0 Å². The van der Waals surface area contributed by atoms with Crippen LogP contribution in [0.3, 0.4) is 0 Å². The van der Waals surface area contributed by atoms with Gasteiger partial charge in [-0.3, -0.25) is 0 Å². The molecule has 0 bridgehead atoms. The largest absolute Gasteiger partial charge is 0.430 e. The van der Waals surface area contributed by atoms with Crippen LogP contribution >= 0.6 is 0 Å². The van der Waals surface area contributed by atoms with Crippen molar-refractivity contribution in [2.24, 2.45) is 0 Å². The SMILES string of the molecule is CC[C@](O)(C#N)C(F)(F)F. The summed E-state index contributed by atoms with van der Waals surface area (Å²) in [6.07, 6.45) is -5.50. The molecule has 1 atom stereocenters. The van der Waals surface area contributed by atoms with E-state index >= 15 is 0 Å². The van der Waals surface area contributed by atoms with Gasteiger partial charge in [-0.2, -0.15) is 18.4 Å². The Hall–Kier alpha value is -0.760. The van der Waals surface area contributed by atoms with Crippen LogP contribution in [0, 0.1) is 11.3 Å². The zero-order chi connectivity index (χ0) is 8.41. The van der Waals surface area contributed by atoms with E-state index in [1.54, 1.807) is 0 Å². The van der Waals surface area contributed by atoms with E-state index in [9.17, 15) is 13.2 Å². The van der Waals surface area contributed by atoms with E-state index in [0.717, 1.165) is 13.0 Å². The summed E-state index contributed by atoms with van der Waals surface area (Å²) in [4.78, 5) is 0. The lowest BCUT2D eigenvalue weighted by molar-refractivity contribution is -0.236. The zero-order valence-electron chi connectivity index (χ0n) is 5.24. The van der Waals surface area contributed by atoms with Crippen LogP contribution in [0.4, 0.5) is 13.2 Å². The third-order valence-electron chi connectivity index (χ3n) is 1.17. The second kappa shape index (κ2) is 2.46. The predicted molar refractivity (Wildman–Crippen MR) is 26.9 cm³/mol. The molecule has 0 amide bonds. The number of hydrogen-bond acceptors (Lipinski definition) is 2. The maximum Gasteiger partial charge on any atom is 0.430 e. The summed E-state index contributed by atoms with van der Waals surface area (Å²) in [5.41, 5.74) is -3.17. The standard InChI is InChI=1S/C5H6F3NO/c1-2-4(10,3-9)5(6,7)8/h10H,2H2,1H3/t4-/m0/s1. The quantitative estimate of drug-likeness (QED) is 0.575. The van der Waals surface area contributed by atoms with Crippen molar-refractivity contribution in [3.05, 3.63) is 0 Å². The Morgan fingerprint density at radius 3 is 1.90 bits per heavy atom. The van der Waals surface area contributed by atoms with E-state index in [1.807, 2.05) is 0 Å². The first-order valence-corrected chi connectivity index (χ1v) is 2.57. The van der Waals surface area contributed by atoms with E-state index in [4.69, 9.17) is 10.4 Å². The molecule has 0 aliphatic heterocycles. The molecule has 2 nitrogen and oxygen atoms in total. The Kier molecular flexibility index (Phi) is 2.28. The maximum absolute atomic E-state index is 11.6. The number of alkyl halides is 3. The minimum atomic E-state index is -4.85. The minimum Gasteiger partial charge on any atom is -0.368 e. The van der Waals surface area contributed by atoms with Gasteiger partial charge in [0, 0.05) is 0 Å². The first-order valence-electron chi connectivity index (χ1n) is 2.57. The molecule has 0 aliphatic rings. The van der Waals surface area contributed by atoms with E-state index in [0.29, 0.717) is 0 Å². The fourth-order valence-corrected chi connectivity index (χ4v) is 0.343. The zero-order valence-corrected chi connectivity index (χ0v) is 5.24. The molecule has 0 aromatic carbocycles. The van der Waals surface area contributed by atoms with Gasteiger partial charge in [-0.25, -0.2) is 0 Å². The lowest BCUT2D eigenvalue weighted by Crippen LogP contribution is -2.42. The van der Waals surface area contributed by atoms with Crippen LogP contribution in [0.1, 0.15) is 13.3 Å². The van der Waals surface area contributed by atoms with Crippen molar-refractivity contribution >= 4 is 0 Å². The highest BCUT2D eigenvalue weighted by Gasteiger charge is 2.53. The lowest BCUT2D eigenvalue weighted by atomic mass is 10.0. The number of nitriles is 1. The molecule has 0 radical (unpaired) electrons. The number of aliphatic hydroxyl groups is 1. The molecule has 0 unspecified atom stereocenters. The van der Waals surface area contributed by atoms with Gasteiger partial charge in [0.15, 0.2) is 0 Å². The summed E-state index contributed by atoms with van der Waals surface area (Å²) >= 11 is 0. The number of hydrogen-bond donors (Lipinski definition) is 1. The van der Waals surface area contributed by atoms with Gasteiger partial charge in [-0.1, -0.05) is 6.92 Å². The van der Waals surface area contributed by atoms with E-state index < -0.39 is 18.2 Å². The van der Waals surface area contributed by atoms with Crippen LogP contribution in [-0.4, -0.2) is 16.9 Å². The van der Waals surface area contributed by atoms with Crippen LogP contribution in [0.25, 0.3) is 0 Å². The van der Waals surface area contributed by atoms with Gasteiger partial charge >= 0.3 is 6.18 Å². The Bertz CT molecular complexity index is 159. The molecule has 58 valence electrons. The fourth-order valence-electron chi connectivity index (χ4n) is 0.343. The van der Waals surface area contributed by atoms with Crippen molar-refractivity contribution < 1.29 is 18.3 Å². The van der Waals surface area contributed by atoms with E-state index in [-0.39, 0.29) is 0 Å². The Balaban J connectivity index is 4.54. The normalized spacial score (nSPS) is 17.6. The van der Waals surface area contributed by atoms with Crippen LogP contribution < -0.4 is 0 Å².